The van der Waals surface area contributed by atoms with Gasteiger partial charge in [0.15, 0.2) is 16.7 Å². The molecule has 1 aromatic heterocycles. The van der Waals surface area contributed by atoms with E-state index in [-0.39, 0.29) is 22.0 Å². The van der Waals surface area contributed by atoms with E-state index in [4.69, 9.17) is 5.26 Å². The Bertz CT molecular complexity index is 802. The number of nitrogens with one attached hydrogen (secondary N) is 1. The number of hydrogen-bond acceptors (Lipinski definition) is 5. The number of alkyl halides is 2. The van der Waals surface area contributed by atoms with Crippen molar-refractivity contribution in [2.75, 3.05) is 6.26 Å². The van der Waals surface area contributed by atoms with Crippen molar-refractivity contribution in [1.82, 2.24) is 9.97 Å². The Morgan fingerprint density at radius 1 is 1.45 bits per heavy atom. The van der Waals surface area contributed by atoms with Crippen LogP contribution in [0.25, 0.3) is 11.3 Å². The van der Waals surface area contributed by atoms with Gasteiger partial charge in [0.2, 0.25) is 0 Å². The van der Waals surface area contributed by atoms with Gasteiger partial charge in [0.25, 0.3) is 5.56 Å². The first-order valence-corrected chi connectivity index (χ1v) is 7.02. The maximum absolute atomic E-state index is 13.8. The van der Waals surface area contributed by atoms with E-state index in [2.05, 4.69) is 14.7 Å². The highest BCUT2D eigenvalue weighted by Crippen LogP contribution is 2.27. The number of hydrogen-bond donors (Lipinski definition) is 1. The Morgan fingerprint density at radius 2 is 2.18 bits per heavy atom. The lowest BCUT2D eigenvalue weighted by Crippen LogP contribution is -2.14. The average molecular weight is 327 g/mol. The van der Waals surface area contributed by atoms with Crippen LogP contribution >= 0.6 is 11.8 Å². The predicted octanol–water partition coefficient (Wildman–Crippen LogP) is 2.77. The van der Waals surface area contributed by atoms with E-state index in [0.717, 1.165) is 23.9 Å². The number of aromatic nitrogens is 2. The Kier molecular flexibility index (Phi) is 4.72. The number of rotatable bonds is 4. The Morgan fingerprint density at radius 3 is 2.73 bits per heavy atom. The van der Waals surface area contributed by atoms with Gasteiger partial charge >= 0.3 is 6.61 Å². The molecule has 114 valence electrons. The lowest BCUT2D eigenvalue weighted by atomic mass is 10.1. The van der Waals surface area contributed by atoms with Crippen LogP contribution in [-0.2, 0) is 0 Å². The van der Waals surface area contributed by atoms with Crippen LogP contribution in [0.3, 0.4) is 0 Å². The first-order valence-electron chi connectivity index (χ1n) is 5.79. The van der Waals surface area contributed by atoms with Crippen molar-refractivity contribution >= 4 is 11.8 Å². The fourth-order valence-corrected chi connectivity index (χ4v) is 2.08. The summed E-state index contributed by atoms with van der Waals surface area (Å²) in [6, 6.07) is 4.80. The van der Waals surface area contributed by atoms with Crippen molar-refractivity contribution in [2.24, 2.45) is 0 Å². The molecule has 2 rings (SSSR count). The first-order chi connectivity index (χ1) is 10.5. The van der Waals surface area contributed by atoms with E-state index in [1.165, 1.54) is 6.07 Å². The predicted molar refractivity (Wildman–Crippen MR) is 73.4 cm³/mol. The number of nitrogens with zero attached hydrogens (tertiary/aromatic N) is 2. The number of aromatic amines is 1. The molecule has 9 heteroatoms. The summed E-state index contributed by atoms with van der Waals surface area (Å²) in [5, 5.41) is 9.28. The van der Waals surface area contributed by atoms with Crippen LogP contribution in [0, 0.1) is 17.1 Å². The quantitative estimate of drug-likeness (QED) is 0.690. The lowest BCUT2D eigenvalue weighted by Gasteiger charge is -2.08. The van der Waals surface area contributed by atoms with Crippen molar-refractivity contribution in [3.8, 4) is 23.1 Å². The van der Waals surface area contributed by atoms with Crippen LogP contribution < -0.4 is 10.3 Å². The van der Waals surface area contributed by atoms with Crippen molar-refractivity contribution in [2.45, 2.75) is 11.8 Å². The molecule has 0 spiro atoms. The maximum atomic E-state index is 13.8. The van der Waals surface area contributed by atoms with Crippen LogP contribution in [0.4, 0.5) is 13.2 Å². The fourth-order valence-electron chi connectivity index (χ4n) is 1.70. The van der Waals surface area contributed by atoms with E-state index in [9.17, 15) is 18.0 Å². The van der Waals surface area contributed by atoms with E-state index in [1.807, 2.05) is 0 Å². The zero-order chi connectivity index (χ0) is 16.3. The molecular weight excluding hydrogens is 319 g/mol. The smallest absolute Gasteiger partial charge is 0.387 e. The van der Waals surface area contributed by atoms with Gasteiger partial charge in [-0.25, -0.2) is 9.37 Å². The Balaban J connectivity index is 2.57. The van der Waals surface area contributed by atoms with Gasteiger partial charge in [0, 0.05) is 5.56 Å². The normalized spacial score (nSPS) is 10.5. The Hall–Kier alpha value is -2.47. The van der Waals surface area contributed by atoms with Crippen LogP contribution in [0.2, 0.25) is 0 Å². The van der Waals surface area contributed by atoms with E-state index in [1.54, 1.807) is 12.3 Å². The monoisotopic (exact) mass is 327 g/mol. The SMILES string of the molecule is CSc1nc(-c2ccc(OC(F)F)c(F)c2)c(C#N)c(=O)[nH]1. The minimum Gasteiger partial charge on any atom is -0.432 e. The third kappa shape index (κ3) is 3.23. The molecule has 0 radical (unpaired) electrons. The average Bonchev–Trinajstić information content (AvgIpc) is 2.48. The molecule has 5 nitrogen and oxygen atoms in total. The molecule has 1 aromatic carbocycles. The highest BCUT2D eigenvalue weighted by Gasteiger charge is 2.16. The second-order valence-corrected chi connectivity index (χ2v) is 4.73. The third-order valence-electron chi connectivity index (χ3n) is 2.62. The number of ether oxygens (including phenoxy) is 1. The van der Waals surface area contributed by atoms with Crippen LogP contribution in [0.1, 0.15) is 5.56 Å². The zero-order valence-electron chi connectivity index (χ0n) is 11.1. The highest BCUT2D eigenvalue weighted by atomic mass is 32.2. The number of benzene rings is 1. The molecule has 0 saturated heterocycles. The number of H-pyrrole nitrogens is 1. The molecule has 0 aliphatic rings. The molecule has 0 unspecified atom stereocenters. The van der Waals surface area contributed by atoms with Crippen LogP contribution in [-0.4, -0.2) is 22.8 Å². The van der Waals surface area contributed by atoms with Gasteiger partial charge in [-0.05, 0) is 24.5 Å². The summed E-state index contributed by atoms with van der Waals surface area (Å²) in [5.74, 6) is -1.68. The van der Waals surface area contributed by atoms with Gasteiger partial charge < -0.3 is 9.72 Å². The summed E-state index contributed by atoms with van der Waals surface area (Å²) in [5.41, 5.74) is -0.875. The van der Waals surface area contributed by atoms with Crippen LogP contribution in [0.15, 0.2) is 28.2 Å². The lowest BCUT2D eigenvalue weighted by molar-refractivity contribution is -0.0521. The Labute approximate surface area is 126 Å². The van der Waals surface area contributed by atoms with Gasteiger partial charge in [-0.1, -0.05) is 11.8 Å². The molecule has 0 saturated carbocycles. The summed E-state index contributed by atoms with van der Waals surface area (Å²) in [6.07, 6.45) is 1.66. The highest BCUT2D eigenvalue weighted by molar-refractivity contribution is 7.98. The molecule has 0 bridgehead atoms. The van der Waals surface area contributed by atoms with Crippen LogP contribution in [0.5, 0.6) is 5.75 Å². The van der Waals surface area contributed by atoms with E-state index >= 15 is 0 Å². The molecular formula is C13H8F3N3O2S. The van der Waals surface area contributed by atoms with E-state index < -0.39 is 23.7 Å². The molecule has 0 amide bonds. The second kappa shape index (κ2) is 6.53. The van der Waals surface area contributed by atoms with Gasteiger partial charge in [0.05, 0.1) is 5.69 Å². The van der Waals surface area contributed by atoms with Gasteiger partial charge in [-0.15, -0.1) is 0 Å². The zero-order valence-corrected chi connectivity index (χ0v) is 11.9. The van der Waals surface area contributed by atoms with Crippen molar-refractivity contribution < 1.29 is 17.9 Å². The largest absolute Gasteiger partial charge is 0.432 e. The summed E-state index contributed by atoms with van der Waals surface area (Å²) < 4.78 is 42.0. The fraction of sp³-hybridized carbons (Fsp3) is 0.154. The molecule has 22 heavy (non-hydrogen) atoms. The summed E-state index contributed by atoms with van der Waals surface area (Å²) in [7, 11) is 0. The van der Waals surface area contributed by atoms with Crippen molar-refractivity contribution in [1.29, 1.82) is 5.26 Å². The first kappa shape index (κ1) is 15.9. The molecule has 0 aliphatic carbocycles. The topological polar surface area (TPSA) is 78.8 Å². The number of thioether (sulfide) groups is 1. The number of nitriles is 1. The van der Waals surface area contributed by atoms with Gasteiger partial charge in [-0.3, -0.25) is 4.79 Å². The standard InChI is InChI=1S/C13H8F3N3O2S/c1-22-13-18-10(7(5-17)11(20)19-13)6-2-3-9(8(14)4-6)21-12(15)16/h2-4,12H,1H3,(H,18,19,20). The summed E-state index contributed by atoms with van der Waals surface area (Å²) in [4.78, 5) is 18.2. The molecule has 0 atom stereocenters. The second-order valence-electron chi connectivity index (χ2n) is 3.93. The van der Waals surface area contributed by atoms with Crippen molar-refractivity contribution in [3.05, 3.63) is 39.9 Å². The van der Waals surface area contributed by atoms with E-state index in [0.29, 0.717) is 0 Å². The molecule has 0 aliphatic heterocycles. The summed E-state index contributed by atoms with van der Waals surface area (Å²) >= 11 is 1.13. The molecule has 2 aromatic rings. The number of halogens is 3. The minimum atomic E-state index is -3.16. The molecule has 0 fully saturated rings. The molecule has 1 heterocycles. The molecule has 1 N–H and O–H groups in total. The summed E-state index contributed by atoms with van der Waals surface area (Å²) in [6.45, 7) is -3.16. The van der Waals surface area contributed by atoms with Gasteiger partial charge in [0.1, 0.15) is 11.6 Å². The third-order valence-corrected chi connectivity index (χ3v) is 3.20. The maximum Gasteiger partial charge on any atom is 0.387 e. The minimum absolute atomic E-state index is 0.0295. The van der Waals surface area contributed by atoms with Crippen molar-refractivity contribution in [3.63, 3.8) is 0 Å². The van der Waals surface area contributed by atoms with Gasteiger partial charge in [-0.2, -0.15) is 14.0 Å².